The van der Waals surface area contributed by atoms with Gasteiger partial charge in [-0.15, -0.1) is 11.3 Å². The fourth-order valence-corrected chi connectivity index (χ4v) is 5.45. The van der Waals surface area contributed by atoms with Gasteiger partial charge in [-0.3, -0.25) is 0 Å². The number of thiocarbonyl (C=S) groups is 1. The van der Waals surface area contributed by atoms with Gasteiger partial charge in [-0.05, 0) is 81.1 Å². The number of carbonyl (C=O) groups excluding carboxylic acids is 1. The first-order valence-corrected chi connectivity index (χ1v) is 11.3. The molecule has 0 aliphatic heterocycles. The Balaban J connectivity index is 1.74. The number of rotatable bonds is 6. The van der Waals surface area contributed by atoms with Crippen LogP contribution >= 0.6 is 23.6 Å². The maximum Gasteiger partial charge on any atom is 0.341 e. The highest BCUT2D eigenvalue weighted by Crippen LogP contribution is 2.40. The molecule has 7 heteroatoms. The number of thiophene rings is 1. The van der Waals surface area contributed by atoms with Gasteiger partial charge in [0, 0.05) is 29.3 Å². The van der Waals surface area contributed by atoms with Crippen LogP contribution in [-0.2, 0) is 17.6 Å². The number of hydrogen-bond donors (Lipinski definition) is 2. The molecule has 1 heterocycles. The molecule has 0 saturated carbocycles. The van der Waals surface area contributed by atoms with Crippen molar-refractivity contribution < 1.29 is 9.53 Å². The number of nitrogens with zero attached hydrogens (tertiary/aromatic N) is 1. The monoisotopic (exact) mass is 431 g/mol. The molecule has 0 saturated heterocycles. The van der Waals surface area contributed by atoms with Gasteiger partial charge in [0.15, 0.2) is 5.11 Å². The normalized spacial score (nSPS) is 15.4. The molecule has 1 atom stereocenters. The standard InChI is InChI=1S/C22H29N3O2S2/c1-5-25(6-2)16-10-8-15(9-11-16)23-22(28)24-20-19(21(26)27-4)17-12-7-14(3)13-18(17)29-20/h8-11,14H,5-7,12-13H2,1-4H3,(H2,23,24,28). The summed E-state index contributed by atoms with van der Waals surface area (Å²) in [7, 11) is 1.43. The molecule has 156 valence electrons. The van der Waals surface area contributed by atoms with E-state index >= 15 is 0 Å². The molecule has 1 aliphatic rings. The van der Waals surface area contributed by atoms with Crippen LogP contribution in [0.25, 0.3) is 0 Å². The van der Waals surface area contributed by atoms with Gasteiger partial charge >= 0.3 is 5.97 Å². The molecule has 3 rings (SSSR count). The van der Waals surface area contributed by atoms with E-state index in [4.69, 9.17) is 17.0 Å². The van der Waals surface area contributed by atoms with Crippen LogP contribution in [0.1, 0.15) is 48.0 Å². The highest BCUT2D eigenvalue weighted by atomic mass is 32.1. The van der Waals surface area contributed by atoms with Gasteiger partial charge in [-0.25, -0.2) is 4.79 Å². The molecular formula is C22H29N3O2S2. The summed E-state index contributed by atoms with van der Waals surface area (Å²) in [5.74, 6) is 0.333. The topological polar surface area (TPSA) is 53.6 Å². The predicted octanol–water partition coefficient (Wildman–Crippen LogP) is 5.31. The van der Waals surface area contributed by atoms with Crippen molar-refractivity contribution in [1.29, 1.82) is 0 Å². The van der Waals surface area contributed by atoms with Crippen molar-refractivity contribution in [2.24, 2.45) is 5.92 Å². The summed E-state index contributed by atoms with van der Waals surface area (Å²) in [6.45, 7) is 8.49. The Kier molecular flexibility index (Phi) is 7.14. The fourth-order valence-electron chi connectivity index (χ4n) is 3.77. The fraction of sp³-hybridized carbons (Fsp3) is 0.455. The largest absolute Gasteiger partial charge is 0.465 e. The van der Waals surface area contributed by atoms with Gasteiger partial charge in [0.2, 0.25) is 0 Å². The molecular weight excluding hydrogens is 402 g/mol. The van der Waals surface area contributed by atoms with Crippen LogP contribution in [0.3, 0.4) is 0 Å². The second kappa shape index (κ2) is 9.59. The molecule has 0 fully saturated rings. The number of ether oxygens (including phenoxy) is 1. The van der Waals surface area contributed by atoms with Crippen molar-refractivity contribution in [1.82, 2.24) is 0 Å². The summed E-state index contributed by atoms with van der Waals surface area (Å²) < 4.78 is 5.04. The first-order valence-electron chi connectivity index (χ1n) is 10.1. The third-order valence-corrected chi connectivity index (χ3v) is 6.76. The van der Waals surface area contributed by atoms with Gasteiger partial charge < -0.3 is 20.3 Å². The molecule has 0 radical (unpaired) electrons. The SMILES string of the molecule is CCN(CC)c1ccc(NC(=S)Nc2sc3c(c2C(=O)OC)CCC(C)C3)cc1. The van der Waals surface area contributed by atoms with Crippen molar-refractivity contribution in [3.8, 4) is 0 Å². The molecule has 1 aromatic carbocycles. The Morgan fingerprint density at radius 1 is 1.24 bits per heavy atom. The summed E-state index contributed by atoms with van der Waals surface area (Å²) in [5, 5.41) is 7.70. The van der Waals surface area contributed by atoms with Crippen molar-refractivity contribution in [2.75, 3.05) is 35.7 Å². The number of anilines is 3. The zero-order chi connectivity index (χ0) is 21.0. The molecule has 29 heavy (non-hydrogen) atoms. The Labute approximate surface area is 182 Å². The summed E-state index contributed by atoms with van der Waals surface area (Å²) in [6.07, 6.45) is 3.00. The van der Waals surface area contributed by atoms with Gasteiger partial charge in [0.25, 0.3) is 0 Å². The number of hydrogen-bond acceptors (Lipinski definition) is 5. The number of nitrogens with one attached hydrogen (secondary N) is 2. The maximum atomic E-state index is 12.4. The Morgan fingerprint density at radius 2 is 1.93 bits per heavy atom. The summed E-state index contributed by atoms with van der Waals surface area (Å²) in [6, 6.07) is 8.21. The smallest absolute Gasteiger partial charge is 0.341 e. The molecule has 2 aromatic rings. The molecule has 5 nitrogen and oxygen atoms in total. The van der Waals surface area contributed by atoms with E-state index in [9.17, 15) is 4.79 Å². The lowest BCUT2D eigenvalue weighted by atomic mass is 9.88. The maximum absolute atomic E-state index is 12.4. The lowest BCUT2D eigenvalue weighted by Gasteiger charge is -2.21. The van der Waals surface area contributed by atoms with E-state index in [0.717, 1.165) is 48.6 Å². The van der Waals surface area contributed by atoms with Crippen LogP contribution in [-0.4, -0.2) is 31.3 Å². The first-order chi connectivity index (χ1) is 14.0. The van der Waals surface area contributed by atoms with Crippen LogP contribution in [0.15, 0.2) is 24.3 Å². The van der Waals surface area contributed by atoms with Crippen LogP contribution in [0.2, 0.25) is 0 Å². The molecule has 0 spiro atoms. The van der Waals surface area contributed by atoms with Crippen molar-refractivity contribution in [3.63, 3.8) is 0 Å². The summed E-state index contributed by atoms with van der Waals surface area (Å²) in [5.41, 5.74) is 3.86. The number of methoxy groups -OCH3 is 1. The number of esters is 1. The molecule has 1 aromatic heterocycles. The number of fused-ring (bicyclic) bond motifs is 1. The quantitative estimate of drug-likeness (QED) is 0.477. The van der Waals surface area contributed by atoms with E-state index in [1.165, 1.54) is 17.7 Å². The first kappa shape index (κ1) is 21.6. The zero-order valence-corrected chi connectivity index (χ0v) is 19.1. The number of carbonyl (C=O) groups is 1. The lowest BCUT2D eigenvalue weighted by Crippen LogP contribution is -2.22. The minimum atomic E-state index is -0.300. The molecule has 0 amide bonds. The Hall–Kier alpha value is -2.12. The molecule has 0 bridgehead atoms. The van der Waals surface area contributed by atoms with E-state index < -0.39 is 0 Å². The van der Waals surface area contributed by atoms with Gasteiger partial charge in [0.1, 0.15) is 5.00 Å². The van der Waals surface area contributed by atoms with E-state index in [1.807, 2.05) is 12.1 Å². The average molecular weight is 432 g/mol. The van der Waals surface area contributed by atoms with Gasteiger partial charge in [0.05, 0.1) is 12.7 Å². The van der Waals surface area contributed by atoms with Crippen LogP contribution < -0.4 is 15.5 Å². The van der Waals surface area contributed by atoms with E-state index in [0.29, 0.717) is 16.6 Å². The van der Waals surface area contributed by atoms with E-state index in [-0.39, 0.29) is 5.97 Å². The Morgan fingerprint density at radius 3 is 2.55 bits per heavy atom. The summed E-state index contributed by atoms with van der Waals surface area (Å²) in [4.78, 5) is 16.0. The van der Waals surface area contributed by atoms with E-state index in [1.54, 1.807) is 11.3 Å². The van der Waals surface area contributed by atoms with Crippen LogP contribution in [0.5, 0.6) is 0 Å². The predicted molar refractivity (Wildman–Crippen MR) is 127 cm³/mol. The zero-order valence-electron chi connectivity index (χ0n) is 17.5. The summed E-state index contributed by atoms with van der Waals surface area (Å²) >= 11 is 7.13. The average Bonchev–Trinajstić information content (AvgIpc) is 3.06. The molecule has 2 N–H and O–H groups in total. The highest BCUT2D eigenvalue weighted by molar-refractivity contribution is 7.80. The Bertz CT molecular complexity index is 873. The molecule has 1 unspecified atom stereocenters. The van der Waals surface area contributed by atoms with Gasteiger partial charge in [-0.2, -0.15) is 0 Å². The lowest BCUT2D eigenvalue weighted by molar-refractivity contribution is 0.0601. The number of benzene rings is 1. The minimum Gasteiger partial charge on any atom is -0.465 e. The minimum absolute atomic E-state index is 0.300. The highest BCUT2D eigenvalue weighted by Gasteiger charge is 2.28. The third-order valence-electron chi connectivity index (χ3n) is 5.38. The third kappa shape index (κ3) is 4.90. The molecule has 1 aliphatic carbocycles. The van der Waals surface area contributed by atoms with Crippen molar-refractivity contribution in [2.45, 2.75) is 40.0 Å². The van der Waals surface area contributed by atoms with E-state index in [2.05, 4.69) is 48.4 Å². The van der Waals surface area contributed by atoms with Crippen molar-refractivity contribution in [3.05, 3.63) is 40.3 Å². The second-order valence-corrected chi connectivity index (χ2v) is 8.86. The van der Waals surface area contributed by atoms with Crippen LogP contribution in [0.4, 0.5) is 16.4 Å². The second-order valence-electron chi connectivity index (χ2n) is 7.35. The van der Waals surface area contributed by atoms with Crippen LogP contribution in [0, 0.1) is 5.92 Å². The van der Waals surface area contributed by atoms with Gasteiger partial charge in [-0.1, -0.05) is 6.92 Å². The van der Waals surface area contributed by atoms with Crippen molar-refractivity contribution >= 4 is 51.0 Å².